The number of hydrogen-bond acceptors (Lipinski definition) is 3. The Hall–Kier alpha value is -2.24. The lowest BCUT2D eigenvalue weighted by molar-refractivity contribution is -0.119. The van der Waals surface area contributed by atoms with E-state index in [4.69, 9.17) is 27.9 Å². The third kappa shape index (κ3) is 5.89. The van der Waals surface area contributed by atoms with Crippen LogP contribution in [0.4, 0.5) is 0 Å². The van der Waals surface area contributed by atoms with Crippen LogP contribution in [0.25, 0.3) is 5.57 Å². The Morgan fingerprint density at radius 3 is 2.63 bits per heavy atom. The Balaban J connectivity index is 1.88. The van der Waals surface area contributed by atoms with Crippen molar-refractivity contribution in [2.24, 2.45) is 5.92 Å². The summed E-state index contributed by atoms with van der Waals surface area (Å²) in [7, 11) is 0. The maximum atomic E-state index is 12.0. The second kappa shape index (κ2) is 10.2. The molecule has 0 spiro atoms. The number of amides is 1. The number of carbonyl (C=O) groups is 1. The molecule has 2 aromatic rings. The first-order valence-electron chi connectivity index (χ1n) is 10.2. The molecule has 0 aliphatic carbocycles. The number of ether oxygens (including phenoxy) is 1. The summed E-state index contributed by atoms with van der Waals surface area (Å²) in [6.45, 7) is 4.98. The fourth-order valence-corrected chi connectivity index (χ4v) is 3.72. The fraction of sp³-hybridized carbons (Fsp3) is 0.391. The summed E-state index contributed by atoms with van der Waals surface area (Å²) in [6, 6.07) is 8.74. The molecule has 0 bridgehead atoms. The van der Waals surface area contributed by atoms with Gasteiger partial charge in [0.05, 0.1) is 11.6 Å². The van der Waals surface area contributed by atoms with Crippen molar-refractivity contribution in [3.63, 3.8) is 0 Å². The Morgan fingerprint density at radius 2 is 2.00 bits per heavy atom. The molecule has 1 aliphatic rings. The van der Waals surface area contributed by atoms with Crippen LogP contribution in [-0.4, -0.2) is 23.5 Å². The average Bonchev–Trinajstić information content (AvgIpc) is 3.11. The van der Waals surface area contributed by atoms with E-state index in [-0.39, 0.29) is 22.5 Å². The highest BCUT2D eigenvalue weighted by Crippen LogP contribution is 2.31. The van der Waals surface area contributed by atoms with E-state index in [1.807, 2.05) is 24.3 Å². The van der Waals surface area contributed by atoms with Gasteiger partial charge in [0, 0.05) is 23.7 Å². The number of H-pyrrole nitrogens is 1. The van der Waals surface area contributed by atoms with E-state index in [0.717, 1.165) is 24.0 Å². The van der Waals surface area contributed by atoms with Gasteiger partial charge in [-0.1, -0.05) is 49.2 Å². The molecule has 30 heavy (non-hydrogen) atoms. The zero-order valence-electron chi connectivity index (χ0n) is 17.1. The molecular formula is C23H26Cl2N2O3. The average molecular weight is 449 g/mol. The second-order valence-electron chi connectivity index (χ2n) is 7.87. The number of nitrogens with one attached hydrogen (secondary N) is 2. The Labute approximate surface area is 186 Å². The summed E-state index contributed by atoms with van der Waals surface area (Å²) in [4.78, 5) is 26.5. The van der Waals surface area contributed by atoms with Crippen molar-refractivity contribution in [3.05, 3.63) is 68.1 Å². The van der Waals surface area contributed by atoms with E-state index in [2.05, 4.69) is 24.1 Å². The molecule has 5 nitrogen and oxygen atoms in total. The number of rotatable bonds is 8. The van der Waals surface area contributed by atoms with Gasteiger partial charge in [0.25, 0.3) is 5.56 Å². The van der Waals surface area contributed by atoms with Crippen molar-refractivity contribution in [1.29, 1.82) is 0 Å². The van der Waals surface area contributed by atoms with Gasteiger partial charge in [-0.3, -0.25) is 9.59 Å². The van der Waals surface area contributed by atoms with E-state index in [1.54, 1.807) is 12.1 Å². The van der Waals surface area contributed by atoms with Gasteiger partial charge < -0.3 is 15.0 Å². The lowest BCUT2D eigenvalue weighted by Gasteiger charge is -2.14. The molecule has 1 atom stereocenters. The van der Waals surface area contributed by atoms with Crippen molar-refractivity contribution in [2.75, 3.05) is 6.61 Å². The maximum Gasteiger partial charge on any atom is 0.267 e. The lowest BCUT2D eigenvalue weighted by atomic mass is 9.99. The van der Waals surface area contributed by atoms with Crippen LogP contribution in [0.3, 0.4) is 0 Å². The van der Waals surface area contributed by atoms with Crippen molar-refractivity contribution in [2.45, 2.75) is 45.6 Å². The van der Waals surface area contributed by atoms with Gasteiger partial charge >= 0.3 is 0 Å². The molecule has 3 rings (SSSR count). The van der Waals surface area contributed by atoms with Gasteiger partial charge in [-0.25, -0.2) is 0 Å². The van der Waals surface area contributed by atoms with E-state index >= 15 is 0 Å². The minimum Gasteiger partial charge on any atom is -0.492 e. The first-order valence-corrected chi connectivity index (χ1v) is 10.9. The van der Waals surface area contributed by atoms with Crippen LogP contribution >= 0.6 is 23.2 Å². The topological polar surface area (TPSA) is 71.2 Å². The molecule has 0 saturated carbocycles. The predicted octanol–water partition coefficient (Wildman–Crippen LogP) is 5.21. The molecule has 2 heterocycles. The molecule has 2 N–H and O–H groups in total. The number of carbonyl (C=O) groups excluding carboxylic acids is 1. The molecular weight excluding hydrogens is 423 g/mol. The Morgan fingerprint density at radius 1 is 1.20 bits per heavy atom. The second-order valence-corrected chi connectivity index (χ2v) is 8.69. The molecule has 7 heteroatoms. The molecule has 1 aromatic carbocycles. The third-order valence-corrected chi connectivity index (χ3v) is 5.57. The zero-order valence-corrected chi connectivity index (χ0v) is 18.6. The number of aromatic amines is 1. The standard InChI is InChI=1S/C23H26Cl2N2O3/c1-14(2)4-3-11-30-21-9-5-15(12-19(21)25)17(13-16-6-10-22(28)26-16)20-8-7-18(24)23(29)27-20/h5,7-9,12-14,16H,3-4,6,10-11H2,1-2H3,(H,26,28)(H,27,29)/b17-13-/t16-/m1/s1. The number of pyridine rings is 1. The van der Waals surface area contributed by atoms with Gasteiger partial charge in [-0.05, 0) is 55.0 Å². The molecule has 1 saturated heterocycles. The first kappa shape index (κ1) is 22.4. The number of benzene rings is 1. The van der Waals surface area contributed by atoms with Gasteiger partial charge in [-0.2, -0.15) is 0 Å². The molecule has 1 amide bonds. The summed E-state index contributed by atoms with van der Waals surface area (Å²) in [5, 5.41) is 3.54. The van der Waals surface area contributed by atoms with E-state index < -0.39 is 0 Å². The van der Waals surface area contributed by atoms with Crippen LogP contribution < -0.4 is 15.6 Å². The number of hydrogen-bond donors (Lipinski definition) is 2. The van der Waals surface area contributed by atoms with E-state index in [9.17, 15) is 9.59 Å². The summed E-state index contributed by atoms with van der Waals surface area (Å²) < 4.78 is 5.83. The number of aromatic nitrogens is 1. The highest BCUT2D eigenvalue weighted by molar-refractivity contribution is 6.32. The molecule has 0 radical (unpaired) electrons. The predicted molar refractivity (Wildman–Crippen MR) is 121 cm³/mol. The van der Waals surface area contributed by atoms with Crippen LogP contribution in [0.2, 0.25) is 10.0 Å². The van der Waals surface area contributed by atoms with Gasteiger partial charge in [0.2, 0.25) is 5.91 Å². The van der Waals surface area contributed by atoms with Crippen molar-refractivity contribution >= 4 is 34.7 Å². The highest BCUT2D eigenvalue weighted by Gasteiger charge is 2.21. The maximum absolute atomic E-state index is 12.0. The highest BCUT2D eigenvalue weighted by atomic mass is 35.5. The molecule has 1 fully saturated rings. The lowest BCUT2D eigenvalue weighted by Crippen LogP contribution is -2.23. The monoisotopic (exact) mass is 448 g/mol. The van der Waals surface area contributed by atoms with Crippen LogP contribution in [-0.2, 0) is 4.79 Å². The van der Waals surface area contributed by atoms with Crippen LogP contribution in [0.15, 0.2) is 41.2 Å². The summed E-state index contributed by atoms with van der Waals surface area (Å²) in [6.07, 6.45) is 5.19. The summed E-state index contributed by atoms with van der Waals surface area (Å²) in [5.41, 5.74) is 1.82. The zero-order chi connectivity index (χ0) is 21.7. The van der Waals surface area contributed by atoms with Crippen LogP contribution in [0.5, 0.6) is 5.75 Å². The van der Waals surface area contributed by atoms with Gasteiger partial charge in [0.1, 0.15) is 10.8 Å². The summed E-state index contributed by atoms with van der Waals surface area (Å²) >= 11 is 12.4. The van der Waals surface area contributed by atoms with Crippen molar-refractivity contribution in [1.82, 2.24) is 10.3 Å². The summed E-state index contributed by atoms with van der Waals surface area (Å²) in [5.74, 6) is 1.28. The van der Waals surface area contributed by atoms with Crippen molar-refractivity contribution in [3.8, 4) is 5.75 Å². The van der Waals surface area contributed by atoms with Gasteiger partial charge in [-0.15, -0.1) is 0 Å². The van der Waals surface area contributed by atoms with Crippen molar-refractivity contribution < 1.29 is 9.53 Å². The van der Waals surface area contributed by atoms with Gasteiger partial charge in [0.15, 0.2) is 0 Å². The number of halogens is 2. The van der Waals surface area contributed by atoms with E-state index in [1.165, 1.54) is 0 Å². The Bertz CT molecular complexity index is 998. The third-order valence-electron chi connectivity index (χ3n) is 4.97. The molecule has 0 unspecified atom stereocenters. The van der Waals surface area contributed by atoms with Crippen LogP contribution in [0, 0.1) is 5.92 Å². The van der Waals surface area contributed by atoms with Crippen LogP contribution in [0.1, 0.15) is 50.8 Å². The SMILES string of the molecule is CC(C)CCCOc1ccc(/C(=C/[C@H]2CCC(=O)N2)c2ccc(Cl)c(=O)[nH]2)cc1Cl. The first-order chi connectivity index (χ1) is 14.3. The largest absolute Gasteiger partial charge is 0.492 e. The van der Waals surface area contributed by atoms with E-state index in [0.29, 0.717) is 41.8 Å². The quantitative estimate of drug-likeness (QED) is 0.544. The normalized spacial score (nSPS) is 16.8. The molecule has 1 aliphatic heterocycles. The Kier molecular flexibility index (Phi) is 7.62. The smallest absolute Gasteiger partial charge is 0.267 e. The molecule has 1 aromatic heterocycles. The minimum atomic E-state index is -0.369. The molecule has 160 valence electrons. The minimum absolute atomic E-state index is 0.0170. The fourth-order valence-electron chi connectivity index (χ4n) is 3.38.